The summed E-state index contributed by atoms with van der Waals surface area (Å²) >= 11 is 0. The summed E-state index contributed by atoms with van der Waals surface area (Å²) in [6.45, 7) is 4.58. The van der Waals surface area contributed by atoms with Crippen molar-refractivity contribution in [3.05, 3.63) is 29.3 Å². The first-order chi connectivity index (χ1) is 7.27. The normalized spacial score (nSPS) is 10.3. The summed E-state index contributed by atoms with van der Waals surface area (Å²) in [6, 6.07) is 6.33. The number of hydrogen-bond donors (Lipinski definition) is 2. The van der Waals surface area contributed by atoms with Crippen LogP contribution in [0.15, 0.2) is 18.2 Å². The number of rotatable bonds is 6. The molecule has 0 aliphatic heterocycles. The summed E-state index contributed by atoms with van der Waals surface area (Å²) in [4.78, 5) is 0. The van der Waals surface area contributed by atoms with Crippen molar-refractivity contribution in [2.45, 2.75) is 13.3 Å². The predicted molar refractivity (Wildman–Crippen MR) is 63.4 cm³/mol. The Labute approximate surface area is 91.6 Å². The summed E-state index contributed by atoms with van der Waals surface area (Å²) < 4.78 is 5.27. The summed E-state index contributed by atoms with van der Waals surface area (Å²) in [5.41, 5.74) is 7.86. The highest BCUT2D eigenvalue weighted by Crippen LogP contribution is 2.18. The zero-order valence-electron chi connectivity index (χ0n) is 9.55. The molecule has 0 aliphatic rings. The lowest BCUT2D eigenvalue weighted by Crippen LogP contribution is -2.24. The van der Waals surface area contributed by atoms with E-state index < -0.39 is 0 Å². The number of benzene rings is 1. The minimum atomic E-state index is 0.692. The van der Waals surface area contributed by atoms with E-state index in [0.717, 1.165) is 25.3 Å². The van der Waals surface area contributed by atoms with Crippen LogP contribution in [-0.4, -0.2) is 26.7 Å². The predicted octanol–water partition coefficient (Wildman–Crippen LogP) is 1.09. The molecular formula is C12H20N2O. The molecule has 0 aliphatic carbocycles. The van der Waals surface area contributed by atoms with Crippen LogP contribution in [0.1, 0.15) is 11.1 Å². The molecule has 0 saturated carbocycles. The lowest BCUT2D eigenvalue weighted by molar-refractivity contribution is 0.411. The standard InChI is InChI=1S/C12H20N2O/c1-10-3-4-11(9-12(10)15-2)5-7-14-8-6-13/h3-4,9,14H,5-8,13H2,1-2H3. The molecule has 1 aromatic carbocycles. The van der Waals surface area contributed by atoms with Gasteiger partial charge in [0.05, 0.1) is 7.11 Å². The maximum atomic E-state index is 5.39. The Kier molecular flexibility index (Phi) is 5.15. The maximum Gasteiger partial charge on any atom is 0.122 e. The average Bonchev–Trinajstić information content (AvgIpc) is 2.26. The van der Waals surface area contributed by atoms with E-state index in [1.165, 1.54) is 11.1 Å². The molecule has 1 rings (SSSR count). The second-order valence-electron chi connectivity index (χ2n) is 3.59. The summed E-state index contributed by atoms with van der Waals surface area (Å²) in [5.74, 6) is 0.964. The van der Waals surface area contributed by atoms with Crippen molar-refractivity contribution in [1.82, 2.24) is 5.32 Å². The minimum absolute atomic E-state index is 0.692. The van der Waals surface area contributed by atoms with Gasteiger partial charge in [-0.05, 0) is 37.1 Å². The van der Waals surface area contributed by atoms with Gasteiger partial charge in [0.1, 0.15) is 5.75 Å². The maximum absolute atomic E-state index is 5.39. The van der Waals surface area contributed by atoms with Crippen LogP contribution in [-0.2, 0) is 6.42 Å². The number of ether oxygens (including phenoxy) is 1. The van der Waals surface area contributed by atoms with Crippen molar-refractivity contribution in [3.8, 4) is 5.75 Å². The summed E-state index contributed by atoms with van der Waals surface area (Å²) in [7, 11) is 1.71. The van der Waals surface area contributed by atoms with Gasteiger partial charge in [0, 0.05) is 13.1 Å². The zero-order chi connectivity index (χ0) is 11.1. The van der Waals surface area contributed by atoms with Gasteiger partial charge in [0.25, 0.3) is 0 Å². The van der Waals surface area contributed by atoms with Crippen LogP contribution in [0.2, 0.25) is 0 Å². The molecule has 0 atom stereocenters. The number of methoxy groups -OCH3 is 1. The van der Waals surface area contributed by atoms with E-state index in [1.807, 2.05) is 0 Å². The monoisotopic (exact) mass is 208 g/mol. The fraction of sp³-hybridized carbons (Fsp3) is 0.500. The second-order valence-corrected chi connectivity index (χ2v) is 3.59. The third kappa shape index (κ3) is 3.90. The molecule has 0 bridgehead atoms. The van der Waals surface area contributed by atoms with Crippen LogP contribution in [0, 0.1) is 6.92 Å². The molecule has 3 heteroatoms. The van der Waals surface area contributed by atoms with Crippen molar-refractivity contribution in [1.29, 1.82) is 0 Å². The van der Waals surface area contributed by atoms with Crippen molar-refractivity contribution in [2.75, 3.05) is 26.7 Å². The van der Waals surface area contributed by atoms with Crippen LogP contribution in [0.3, 0.4) is 0 Å². The Hall–Kier alpha value is -1.06. The van der Waals surface area contributed by atoms with Crippen LogP contribution in [0.25, 0.3) is 0 Å². The number of nitrogens with one attached hydrogen (secondary N) is 1. The first-order valence-corrected chi connectivity index (χ1v) is 5.32. The first-order valence-electron chi connectivity index (χ1n) is 5.32. The van der Waals surface area contributed by atoms with E-state index in [-0.39, 0.29) is 0 Å². The van der Waals surface area contributed by atoms with Crippen molar-refractivity contribution in [3.63, 3.8) is 0 Å². The quantitative estimate of drug-likeness (QED) is 0.688. The highest BCUT2D eigenvalue weighted by molar-refractivity contribution is 5.36. The van der Waals surface area contributed by atoms with Gasteiger partial charge in [-0.3, -0.25) is 0 Å². The Morgan fingerprint density at radius 3 is 2.80 bits per heavy atom. The van der Waals surface area contributed by atoms with Gasteiger partial charge >= 0.3 is 0 Å². The van der Waals surface area contributed by atoms with Gasteiger partial charge in [-0.15, -0.1) is 0 Å². The smallest absolute Gasteiger partial charge is 0.122 e. The minimum Gasteiger partial charge on any atom is -0.496 e. The van der Waals surface area contributed by atoms with E-state index in [0.29, 0.717) is 6.54 Å². The van der Waals surface area contributed by atoms with Gasteiger partial charge in [-0.1, -0.05) is 12.1 Å². The molecule has 0 aromatic heterocycles. The average molecular weight is 208 g/mol. The van der Waals surface area contributed by atoms with E-state index >= 15 is 0 Å². The fourth-order valence-corrected chi connectivity index (χ4v) is 1.48. The Morgan fingerprint density at radius 2 is 2.13 bits per heavy atom. The highest BCUT2D eigenvalue weighted by Gasteiger charge is 1.99. The molecule has 84 valence electrons. The van der Waals surface area contributed by atoms with Crippen LogP contribution < -0.4 is 15.8 Å². The van der Waals surface area contributed by atoms with E-state index in [2.05, 4.69) is 30.4 Å². The van der Waals surface area contributed by atoms with Gasteiger partial charge in [0.15, 0.2) is 0 Å². The third-order valence-electron chi connectivity index (χ3n) is 2.38. The Morgan fingerprint density at radius 1 is 1.33 bits per heavy atom. The fourth-order valence-electron chi connectivity index (χ4n) is 1.48. The van der Waals surface area contributed by atoms with Gasteiger partial charge < -0.3 is 15.8 Å². The number of aryl methyl sites for hydroxylation is 1. The van der Waals surface area contributed by atoms with Crippen molar-refractivity contribution >= 4 is 0 Å². The first kappa shape index (κ1) is 12.0. The molecule has 0 spiro atoms. The summed E-state index contributed by atoms with van der Waals surface area (Å²) in [6.07, 6.45) is 1.01. The second kappa shape index (κ2) is 6.43. The molecule has 1 aromatic rings. The molecule has 0 fully saturated rings. The van der Waals surface area contributed by atoms with E-state index in [4.69, 9.17) is 10.5 Å². The molecule has 0 amide bonds. The van der Waals surface area contributed by atoms with Gasteiger partial charge in [0.2, 0.25) is 0 Å². The van der Waals surface area contributed by atoms with Gasteiger partial charge in [-0.2, -0.15) is 0 Å². The van der Waals surface area contributed by atoms with Crippen LogP contribution in [0.4, 0.5) is 0 Å². The lowest BCUT2D eigenvalue weighted by atomic mass is 10.1. The zero-order valence-corrected chi connectivity index (χ0v) is 9.55. The Balaban J connectivity index is 2.47. The van der Waals surface area contributed by atoms with Crippen molar-refractivity contribution < 1.29 is 4.74 Å². The molecule has 0 heterocycles. The van der Waals surface area contributed by atoms with E-state index in [1.54, 1.807) is 7.11 Å². The SMILES string of the molecule is COc1cc(CCNCCN)ccc1C. The summed E-state index contributed by atoms with van der Waals surface area (Å²) in [5, 5.41) is 3.27. The molecule has 0 radical (unpaired) electrons. The third-order valence-corrected chi connectivity index (χ3v) is 2.38. The topological polar surface area (TPSA) is 47.3 Å². The molecule has 15 heavy (non-hydrogen) atoms. The molecule has 3 nitrogen and oxygen atoms in total. The number of hydrogen-bond acceptors (Lipinski definition) is 3. The highest BCUT2D eigenvalue weighted by atomic mass is 16.5. The lowest BCUT2D eigenvalue weighted by Gasteiger charge is -2.08. The van der Waals surface area contributed by atoms with Crippen LogP contribution in [0.5, 0.6) is 5.75 Å². The van der Waals surface area contributed by atoms with Crippen molar-refractivity contribution in [2.24, 2.45) is 5.73 Å². The van der Waals surface area contributed by atoms with Gasteiger partial charge in [-0.25, -0.2) is 0 Å². The van der Waals surface area contributed by atoms with Crippen LogP contribution >= 0.6 is 0 Å². The number of nitrogens with two attached hydrogens (primary N) is 1. The van der Waals surface area contributed by atoms with E-state index in [9.17, 15) is 0 Å². The largest absolute Gasteiger partial charge is 0.496 e. The molecule has 3 N–H and O–H groups in total. The molecule has 0 saturated heterocycles. The molecule has 0 unspecified atom stereocenters. The molecular weight excluding hydrogens is 188 g/mol. The Bertz CT molecular complexity index is 300.